The molecule has 0 amide bonds. The van der Waals surface area contributed by atoms with Crippen molar-refractivity contribution in [3.8, 4) is 56.0 Å². The Morgan fingerprint density at radius 3 is 1.36 bits per heavy atom. The van der Waals surface area contributed by atoms with E-state index < -0.39 is 0 Å². The second-order valence-corrected chi connectivity index (χ2v) is 8.74. The molecule has 0 fully saturated rings. The highest BCUT2D eigenvalue weighted by atomic mass is 14.9. The van der Waals surface area contributed by atoms with E-state index in [-0.39, 0.29) is 0 Å². The molecule has 0 saturated heterocycles. The molecule has 1 aromatic heterocycles. The van der Waals surface area contributed by atoms with E-state index in [1.807, 2.05) is 30.5 Å². The van der Waals surface area contributed by atoms with Crippen molar-refractivity contribution in [1.29, 1.82) is 0 Å². The van der Waals surface area contributed by atoms with E-state index >= 15 is 0 Å². The second-order valence-electron chi connectivity index (χ2n) is 8.74. The smallest absolute Gasteiger partial charge is 0.159 e. The van der Waals surface area contributed by atoms with Gasteiger partial charge in [0.1, 0.15) is 0 Å². The highest BCUT2D eigenvalue weighted by molar-refractivity contribution is 5.80. The molecule has 0 aliphatic rings. The van der Waals surface area contributed by atoms with Gasteiger partial charge in [-0.3, -0.25) is 0 Å². The van der Waals surface area contributed by atoms with E-state index in [1.54, 1.807) is 0 Å². The van der Waals surface area contributed by atoms with E-state index in [4.69, 9.17) is 4.98 Å². The first-order valence-electron chi connectivity index (χ1n) is 12.1. The summed E-state index contributed by atoms with van der Waals surface area (Å²) in [6, 6.07) is 48.5. The van der Waals surface area contributed by atoms with Gasteiger partial charge in [0, 0.05) is 17.3 Å². The molecule has 0 spiro atoms. The van der Waals surface area contributed by atoms with E-state index in [0.29, 0.717) is 5.82 Å². The van der Waals surface area contributed by atoms with Crippen molar-refractivity contribution in [3.63, 3.8) is 0 Å². The van der Waals surface area contributed by atoms with Crippen molar-refractivity contribution in [3.05, 3.63) is 146 Å². The Balaban J connectivity index is 1.45. The van der Waals surface area contributed by atoms with E-state index in [2.05, 4.69) is 120 Å². The number of rotatable bonds is 5. The van der Waals surface area contributed by atoms with Gasteiger partial charge in [-0.15, -0.1) is 0 Å². The molecular formula is C34H24N2. The summed E-state index contributed by atoms with van der Waals surface area (Å²) in [5, 5.41) is 0. The number of hydrogen-bond donors (Lipinski definition) is 0. The van der Waals surface area contributed by atoms with Gasteiger partial charge in [0.05, 0.1) is 5.69 Å². The Labute approximate surface area is 211 Å². The zero-order valence-electron chi connectivity index (χ0n) is 19.8. The van der Waals surface area contributed by atoms with E-state index in [9.17, 15) is 0 Å². The topological polar surface area (TPSA) is 25.8 Å². The third-order valence-electron chi connectivity index (χ3n) is 6.33. The minimum atomic E-state index is 0.715. The highest BCUT2D eigenvalue weighted by Gasteiger charge is 2.11. The Hall–Kier alpha value is -4.82. The van der Waals surface area contributed by atoms with Crippen LogP contribution in [-0.2, 0) is 0 Å². The van der Waals surface area contributed by atoms with Crippen LogP contribution >= 0.6 is 0 Å². The monoisotopic (exact) mass is 460 g/mol. The molecule has 0 atom stereocenters. The SMILES string of the molecule is c1ccc(-c2cccc(-c3ccnc(-c4cc(-c5ccccc5)cc(-c5ccccc5)c4)n3)c2)cc1. The van der Waals surface area contributed by atoms with Crippen LogP contribution in [0.15, 0.2) is 146 Å². The van der Waals surface area contributed by atoms with E-state index in [0.717, 1.165) is 27.9 Å². The third kappa shape index (κ3) is 4.57. The third-order valence-corrected chi connectivity index (χ3v) is 6.33. The molecule has 0 saturated carbocycles. The van der Waals surface area contributed by atoms with Crippen LogP contribution in [0.4, 0.5) is 0 Å². The molecule has 6 rings (SSSR count). The molecule has 1 heterocycles. The molecule has 0 aliphatic heterocycles. The molecule has 0 aliphatic carbocycles. The van der Waals surface area contributed by atoms with Crippen molar-refractivity contribution >= 4 is 0 Å². The quantitative estimate of drug-likeness (QED) is 0.257. The number of benzene rings is 5. The van der Waals surface area contributed by atoms with Gasteiger partial charge in [-0.05, 0) is 63.7 Å². The Morgan fingerprint density at radius 2 is 0.778 bits per heavy atom. The normalized spacial score (nSPS) is 10.8. The van der Waals surface area contributed by atoms with Crippen molar-refractivity contribution in [2.24, 2.45) is 0 Å². The molecule has 0 radical (unpaired) electrons. The Bertz CT molecular complexity index is 1550. The summed E-state index contributed by atoms with van der Waals surface area (Å²) in [6.07, 6.45) is 1.85. The van der Waals surface area contributed by atoms with E-state index in [1.165, 1.54) is 22.3 Å². The van der Waals surface area contributed by atoms with Crippen LogP contribution in [0.1, 0.15) is 0 Å². The molecule has 2 nitrogen and oxygen atoms in total. The maximum absolute atomic E-state index is 5.01. The molecule has 36 heavy (non-hydrogen) atoms. The standard InChI is InChI=1S/C34H24N2/c1-4-11-25(12-5-1)28-17-10-18-29(21-28)33-19-20-35-34(36-33)32-23-30(26-13-6-2-7-14-26)22-31(24-32)27-15-8-3-9-16-27/h1-24H. The van der Waals surface area contributed by atoms with Crippen LogP contribution in [0.2, 0.25) is 0 Å². The van der Waals surface area contributed by atoms with Crippen LogP contribution in [0.5, 0.6) is 0 Å². The predicted octanol–water partition coefficient (Wildman–Crippen LogP) is 8.81. The Kier molecular flexibility index (Phi) is 5.91. The lowest BCUT2D eigenvalue weighted by atomic mass is 9.95. The minimum Gasteiger partial charge on any atom is -0.237 e. The summed E-state index contributed by atoms with van der Waals surface area (Å²) >= 11 is 0. The molecule has 6 aromatic rings. The average molecular weight is 461 g/mol. The first-order valence-corrected chi connectivity index (χ1v) is 12.1. The molecular weight excluding hydrogens is 436 g/mol. The maximum Gasteiger partial charge on any atom is 0.159 e. The second kappa shape index (κ2) is 9.81. The molecule has 170 valence electrons. The van der Waals surface area contributed by atoms with Gasteiger partial charge in [0.15, 0.2) is 5.82 Å². The van der Waals surface area contributed by atoms with Crippen molar-refractivity contribution < 1.29 is 0 Å². The van der Waals surface area contributed by atoms with Crippen molar-refractivity contribution in [1.82, 2.24) is 9.97 Å². The lowest BCUT2D eigenvalue weighted by Gasteiger charge is -2.11. The van der Waals surface area contributed by atoms with Crippen molar-refractivity contribution in [2.45, 2.75) is 0 Å². The molecule has 0 unspecified atom stereocenters. The fraction of sp³-hybridized carbons (Fsp3) is 0. The Morgan fingerprint density at radius 1 is 0.333 bits per heavy atom. The number of aromatic nitrogens is 2. The summed E-state index contributed by atoms with van der Waals surface area (Å²) in [5.41, 5.74) is 9.97. The number of hydrogen-bond acceptors (Lipinski definition) is 2. The zero-order chi connectivity index (χ0) is 24.2. The molecule has 5 aromatic carbocycles. The lowest BCUT2D eigenvalue weighted by Crippen LogP contribution is -1.93. The lowest BCUT2D eigenvalue weighted by molar-refractivity contribution is 1.18. The summed E-state index contributed by atoms with van der Waals surface area (Å²) in [5.74, 6) is 0.715. The zero-order valence-corrected chi connectivity index (χ0v) is 19.8. The largest absolute Gasteiger partial charge is 0.237 e. The number of nitrogens with zero attached hydrogens (tertiary/aromatic N) is 2. The molecule has 2 heteroatoms. The van der Waals surface area contributed by atoms with Crippen LogP contribution in [-0.4, -0.2) is 9.97 Å². The predicted molar refractivity (Wildman–Crippen MR) is 149 cm³/mol. The van der Waals surface area contributed by atoms with Gasteiger partial charge in [0.25, 0.3) is 0 Å². The van der Waals surface area contributed by atoms with Crippen LogP contribution in [0.3, 0.4) is 0 Å². The van der Waals surface area contributed by atoms with Gasteiger partial charge in [-0.2, -0.15) is 0 Å². The van der Waals surface area contributed by atoms with Gasteiger partial charge in [-0.1, -0.05) is 109 Å². The van der Waals surface area contributed by atoms with Crippen molar-refractivity contribution in [2.75, 3.05) is 0 Å². The van der Waals surface area contributed by atoms with Crippen LogP contribution < -0.4 is 0 Å². The fourth-order valence-corrected chi connectivity index (χ4v) is 4.50. The average Bonchev–Trinajstić information content (AvgIpc) is 2.98. The molecule has 0 bridgehead atoms. The summed E-state index contributed by atoms with van der Waals surface area (Å²) in [4.78, 5) is 9.68. The van der Waals surface area contributed by atoms with Gasteiger partial charge >= 0.3 is 0 Å². The summed E-state index contributed by atoms with van der Waals surface area (Å²) in [6.45, 7) is 0. The van der Waals surface area contributed by atoms with Gasteiger partial charge in [-0.25, -0.2) is 9.97 Å². The fourth-order valence-electron chi connectivity index (χ4n) is 4.50. The summed E-state index contributed by atoms with van der Waals surface area (Å²) in [7, 11) is 0. The first kappa shape index (κ1) is 21.7. The van der Waals surface area contributed by atoms with Crippen LogP contribution in [0.25, 0.3) is 56.0 Å². The van der Waals surface area contributed by atoms with Crippen LogP contribution in [0, 0.1) is 0 Å². The first-order chi connectivity index (χ1) is 17.8. The van der Waals surface area contributed by atoms with Gasteiger partial charge in [0.2, 0.25) is 0 Å². The molecule has 0 N–H and O–H groups in total. The maximum atomic E-state index is 5.01. The van der Waals surface area contributed by atoms with Gasteiger partial charge < -0.3 is 0 Å². The highest BCUT2D eigenvalue weighted by Crippen LogP contribution is 2.33. The summed E-state index contributed by atoms with van der Waals surface area (Å²) < 4.78 is 0. The minimum absolute atomic E-state index is 0.715.